The number of hydrogen-bond acceptors (Lipinski definition) is 1. The average molecular weight is 120 g/mol. The molecule has 0 saturated carbocycles. The van der Waals surface area contributed by atoms with Gasteiger partial charge in [0.15, 0.2) is 0 Å². The van der Waals surface area contributed by atoms with Gasteiger partial charge in [-0.2, -0.15) is 0 Å². The van der Waals surface area contributed by atoms with Crippen molar-refractivity contribution in [3.8, 4) is 0 Å². The van der Waals surface area contributed by atoms with E-state index in [0.29, 0.717) is 0 Å². The van der Waals surface area contributed by atoms with Crippen LogP contribution in [0, 0.1) is 0 Å². The van der Waals surface area contributed by atoms with Crippen LogP contribution in [0.4, 0.5) is 0 Å². The molecule has 2 nitrogen and oxygen atoms in total. The second-order valence-electron chi connectivity index (χ2n) is 2.16. The summed E-state index contributed by atoms with van der Waals surface area (Å²) in [4.78, 5) is 7.33. The highest BCUT2D eigenvalue weighted by atomic mass is 14.8. The predicted octanol–water partition coefficient (Wildman–Crippen LogP) is -0.181. The lowest BCUT2D eigenvalue weighted by molar-refractivity contribution is 0.936. The molecular formula is C7H8N2. The monoisotopic (exact) mass is 120 g/mol. The SMILES string of the molecule is C1=c2cc[nH]c2=NCC1. The number of aromatic nitrogens is 1. The second-order valence-corrected chi connectivity index (χ2v) is 2.16. The van der Waals surface area contributed by atoms with Crippen molar-refractivity contribution in [3.63, 3.8) is 0 Å². The Morgan fingerprint density at radius 1 is 1.56 bits per heavy atom. The van der Waals surface area contributed by atoms with E-state index in [2.05, 4.69) is 22.1 Å². The van der Waals surface area contributed by atoms with Gasteiger partial charge in [-0.1, -0.05) is 6.08 Å². The zero-order valence-corrected chi connectivity index (χ0v) is 5.09. The third-order valence-corrected chi connectivity index (χ3v) is 1.52. The molecule has 9 heavy (non-hydrogen) atoms. The first-order chi connectivity index (χ1) is 4.47. The van der Waals surface area contributed by atoms with Gasteiger partial charge in [-0.3, -0.25) is 4.99 Å². The average Bonchev–Trinajstić information content (AvgIpc) is 2.33. The number of nitrogens with one attached hydrogen (secondary N) is 1. The summed E-state index contributed by atoms with van der Waals surface area (Å²) in [5, 5.41) is 1.25. The van der Waals surface area contributed by atoms with E-state index in [0.717, 1.165) is 18.5 Å². The van der Waals surface area contributed by atoms with Gasteiger partial charge in [-0.15, -0.1) is 0 Å². The van der Waals surface area contributed by atoms with Gasteiger partial charge in [-0.25, -0.2) is 0 Å². The number of aromatic amines is 1. The van der Waals surface area contributed by atoms with Crippen molar-refractivity contribution < 1.29 is 0 Å². The largest absolute Gasteiger partial charge is 0.346 e. The minimum atomic E-state index is 0.938. The van der Waals surface area contributed by atoms with E-state index in [9.17, 15) is 0 Å². The Balaban J connectivity index is 2.89. The molecular weight excluding hydrogens is 112 g/mol. The molecule has 0 unspecified atom stereocenters. The molecule has 0 atom stereocenters. The fourth-order valence-corrected chi connectivity index (χ4v) is 1.07. The minimum Gasteiger partial charge on any atom is -0.346 e. The van der Waals surface area contributed by atoms with Crippen LogP contribution in [0.3, 0.4) is 0 Å². The predicted molar refractivity (Wildman–Crippen MR) is 35.5 cm³/mol. The number of nitrogens with zero attached hydrogens (tertiary/aromatic N) is 1. The van der Waals surface area contributed by atoms with Crippen LogP contribution in [0.1, 0.15) is 6.42 Å². The molecule has 1 aliphatic heterocycles. The van der Waals surface area contributed by atoms with Crippen LogP contribution in [0.25, 0.3) is 6.08 Å². The van der Waals surface area contributed by atoms with Crippen LogP contribution in [0.2, 0.25) is 0 Å². The van der Waals surface area contributed by atoms with Gasteiger partial charge in [0.25, 0.3) is 0 Å². The zero-order chi connectivity index (χ0) is 6.10. The highest BCUT2D eigenvalue weighted by Crippen LogP contribution is 1.83. The van der Waals surface area contributed by atoms with Gasteiger partial charge in [0.2, 0.25) is 0 Å². The summed E-state index contributed by atoms with van der Waals surface area (Å²) in [5.74, 6) is 0. The lowest BCUT2D eigenvalue weighted by Gasteiger charge is -1.91. The lowest BCUT2D eigenvalue weighted by Crippen LogP contribution is -2.25. The van der Waals surface area contributed by atoms with Crippen LogP contribution >= 0.6 is 0 Å². The summed E-state index contributed by atoms with van der Waals surface area (Å²) >= 11 is 0. The van der Waals surface area contributed by atoms with Crippen LogP contribution in [-0.4, -0.2) is 11.5 Å². The topological polar surface area (TPSA) is 28.1 Å². The van der Waals surface area contributed by atoms with Gasteiger partial charge in [0, 0.05) is 18.0 Å². The second kappa shape index (κ2) is 1.72. The Hall–Kier alpha value is -1.05. The molecule has 0 fully saturated rings. The zero-order valence-electron chi connectivity index (χ0n) is 5.09. The maximum Gasteiger partial charge on any atom is 0.132 e. The van der Waals surface area contributed by atoms with Gasteiger partial charge < -0.3 is 4.98 Å². The first kappa shape index (κ1) is 4.79. The highest BCUT2D eigenvalue weighted by molar-refractivity contribution is 5.23. The summed E-state index contributed by atoms with van der Waals surface area (Å²) < 4.78 is 0. The number of hydrogen-bond donors (Lipinski definition) is 1. The molecule has 0 radical (unpaired) electrons. The molecule has 0 saturated heterocycles. The van der Waals surface area contributed by atoms with Crippen molar-refractivity contribution >= 4 is 6.08 Å². The van der Waals surface area contributed by atoms with E-state index >= 15 is 0 Å². The number of fused-ring (bicyclic) bond motifs is 1. The van der Waals surface area contributed by atoms with E-state index in [-0.39, 0.29) is 0 Å². The Bertz CT molecular complexity index is 277. The molecule has 0 aliphatic carbocycles. The Morgan fingerprint density at radius 3 is 3.44 bits per heavy atom. The van der Waals surface area contributed by atoms with E-state index in [1.54, 1.807) is 0 Å². The molecule has 0 spiro atoms. The Kier molecular flexibility index (Phi) is 0.918. The van der Waals surface area contributed by atoms with Gasteiger partial charge in [-0.05, 0) is 12.5 Å². The highest BCUT2D eigenvalue weighted by Gasteiger charge is 1.91. The maximum absolute atomic E-state index is 4.27. The van der Waals surface area contributed by atoms with Crippen molar-refractivity contribution in [2.24, 2.45) is 4.99 Å². The fraction of sp³-hybridized carbons (Fsp3) is 0.286. The summed E-state index contributed by atoms with van der Waals surface area (Å²) in [7, 11) is 0. The minimum absolute atomic E-state index is 0.938. The quantitative estimate of drug-likeness (QED) is 0.492. The summed E-state index contributed by atoms with van der Waals surface area (Å²) in [6.45, 7) is 0.938. The molecule has 46 valence electrons. The van der Waals surface area contributed by atoms with Crippen LogP contribution in [0.5, 0.6) is 0 Å². The molecule has 2 heteroatoms. The van der Waals surface area contributed by atoms with E-state index in [1.807, 2.05) is 6.20 Å². The van der Waals surface area contributed by atoms with Crippen LogP contribution < -0.4 is 10.7 Å². The van der Waals surface area contributed by atoms with Crippen molar-refractivity contribution in [1.29, 1.82) is 0 Å². The molecule has 0 amide bonds. The summed E-state index contributed by atoms with van der Waals surface area (Å²) in [6, 6.07) is 2.05. The molecule has 1 aromatic heterocycles. The van der Waals surface area contributed by atoms with E-state index < -0.39 is 0 Å². The molecule has 0 aromatic carbocycles. The van der Waals surface area contributed by atoms with Crippen LogP contribution in [0.15, 0.2) is 17.3 Å². The maximum atomic E-state index is 4.27. The van der Waals surface area contributed by atoms with Crippen LogP contribution in [-0.2, 0) is 0 Å². The first-order valence-electron chi connectivity index (χ1n) is 3.15. The molecule has 1 aromatic rings. The van der Waals surface area contributed by atoms with Crippen molar-refractivity contribution in [2.75, 3.05) is 6.54 Å². The summed E-state index contributed by atoms with van der Waals surface area (Å²) in [5.41, 5.74) is 1.04. The van der Waals surface area contributed by atoms with Gasteiger partial charge >= 0.3 is 0 Å². The molecule has 2 rings (SSSR count). The van der Waals surface area contributed by atoms with Crippen molar-refractivity contribution in [2.45, 2.75) is 6.42 Å². The molecule has 1 N–H and O–H groups in total. The summed E-state index contributed by atoms with van der Waals surface area (Å²) in [6.07, 6.45) is 5.22. The normalized spacial score (nSPS) is 15.6. The molecule has 0 bridgehead atoms. The van der Waals surface area contributed by atoms with E-state index in [1.165, 1.54) is 5.22 Å². The van der Waals surface area contributed by atoms with E-state index in [4.69, 9.17) is 0 Å². The Morgan fingerprint density at radius 2 is 2.56 bits per heavy atom. The van der Waals surface area contributed by atoms with Gasteiger partial charge in [0.05, 0.1) is 0 Å². The Labute approximate surface area is 52.9 Å². The molecule has 2 heterocycles. The first-order valence-corrected chi connectivity index (χ1v) is 3.15. The van der Waals surface area contributed by atoms with Crippen molar-refractivity contribution in [1.82, 2.24) is 4.98 Å². The van der Waals surface area contributed by atoms with Gasteiger partial charge in [0.1, 0.15) is 5.49 Å². The van der Waals surface area contributed by atoms with Crippen molar-refractivity contribution in [3.05, 3.63) is 23.0 Å². The smallest absolute Gasteiger partial charge is 0.132 e. The number of rotatable bonds is 0. The standard InChI is InChI=1S/C7H8N2/c1-2-6-3-5-9-7(6)8-4-1/h2-3,5H,1,4H2,(H,8,9). The lowest BCUT2D eigenvalue weighted by atomic mass is 10.3. The third kappa shape index (κ3) is 0.669. The molecule has 1 aliphatic rings. The fourth-order valence-electron chi connectivity index (χ4n) is 1.07. The number of H-pyrrole nitrogens is 1. The third-order valence-electron chi connectivity index (χ3n) is 1.52.